The molecule has 0 saturated carbocycles. The van der Waals surface area contributed by atoms with E-state index < -0.39 is 0 Å². The number of nitrogens with one attached hydrogen (secondary N) is 1. The third kappa shape index (κ3) is 4.32. The molecule has 0 fully saturated rings. The lowest BCUT2D eigenvalue weighted by Crippen LogP contribution is -2.30. The van der Waals surface area contributed by atoms with E-state index >= 15 is 0 Å². The summed E-state index contributed by atoms with van der Waals surface area (Å²) in [6.07, 6.45) is 5.21. The molecule has 2 aromatic rings. The fourth-order valence-corrected chi connectivity index (χ4v) is 1.91. The molecule has 0 atom stereocenters. The minimum atomic E-state index is -0.119. The molecule has 20 heavy (non-hydrogen) atoms. The molecule has 0 radical (unpaired) electrons. The first-order chi connectivity index (χ1) is 9.52. The lowest BCUT2D eigenvalue weighted by atomic mass is 10.3. The van der Waals surface area contributed by atoms with Crippen LogP contribution in [0.4, 0.5) is 5.82 Å². The van der Waals surface area contributed by atoms with Gasteiger partial charge in [-0.15, -0.1) is 0 Å². The topological polar surface area (TPSA) is 63.1 Å². The normalized spacial score (nSPS) is 10.8. The molecule has 2 aromatic heterocycles. The summed E-state index contributed by atoms with van der Waals surface area (Å²) in [5, 5.41) is 7.35. The molecule has 2 rings (SSSR count). The molecular weight excluding hydrogens is 278 g/mol. The zero-order chi connectivity index (χ0) is 14.5. The van der Waals surface area contributed by atoms with E-state index in [1.807, 2.05) is 25.2 Å². The Morgan fingerprint density at radius 3 is 2.85 bits per heavy atom. The molecule has 0 spiro atoms. The van der Waals surface area contributed by atoms with Crippen LogP contribution in [0.1, 0.15) is 5.56 Å². The van der Waals surface area contributed by atoms with Crippen LogP contribution in [0.3, 0.4) is 0 Å². The Balaban J connectivity index is 1.83. The van der Waals surface area contributed by atoms with Crippen molar-refractivity contribution < 1.29 is 4.79 Å². The maximum atomic E-state index is 11.9. The lowest BCUT2D eigenvalue weighted by molar-refractivity contribution is -0.117. The third-order valence-electron chi connectivity index (χ3n) is 2.62. The van der Waals surface area contributed by atoms with Crippen molar-refractivity contribution in [1.29, 1.82) is 0 Å². The first-order valence-corrected chi connectivity index (χ1v) is 6.48. The predicted octanol–water partition coefficient (Wildman–Crippen LogP) is 1.54. The van der Waals surface area contributed by atoms with Crippen LogP contribution in [0.15, 0.2) is 30.7 Å². The van der Waals surface area contributed by atoms with Gasteiger partial charge < -0.3 is 5.32 Å². The maximum absolute atomic E-state index is 11.9. The highest BCUT2D eigenvalue weighted by Gasteiger charge is 2.09. The van der Waals surface area contributed by atoms with Crippen LogP contribution in [-0.4, -0.2) is 39.2 Å². The van der Waals surface area contributed by atoms with E-state index in [0.29, 0.717) is 17.4 Å². The Kier molecular flexibility index (Phi) is 4.70. The number of halogens is 1. The number of carbonyl (C=O) groups excluding carboxylic acids is 1. The largest absolute Gasteiger partial charge is 0.310 e. The highest BCUT2D eigenvalue weighted by molar-refractivity contribution is 6.30. The zero-order valence-electron chi connectivity index (χ0n) is 11.4. The van der Waals surface area contributed by atoms with Crippen LogP contribution in [0, 0.1) is 0 Å². The van der Waals surface area contributed by atoms with Gasteiger partial charge in [-0.1, -0.05) is 11.6 Å². The lowest BCUT2D eigenvalue weighted by Gasteiger charge is -2.14. The molecule has 0 saturated heterocycles. The van der Waals surface area contributed by atoms with E-state index in [0.717, 1.165) is 5.56 Å². The predicted molar refractivity (Wildman–Crippen MR) is 77.4 cm³/mol. The van der Waals surface area contributed by atoms with E-state index in [1.54, 1.807) is 23.0 Å². The average molecular weight is 294 g/mol. The zero-order valence-corrected chi connectivity index (χ0v) is 12.1. The summed E-state index contributed by atoms with van der Waals surface area (Å²) in [6.45, 7) is 0.939. The molecule has 7 heteroatoms. The number of rotatable bonds is 5. The molecular formula is C13H16ClN5O. The Labute approximate surface area is 122 Å². The van der Waals surface area contributed by atoms with Gasteiger partial charge in [0.2, 0.25) is 5.91 Å². The standard InChI is InChI=1S/C13H16ClN5O/c1-18(7-10-5-16-19(2)8-10)9-13(20)17-12-4-3-11(14)6-15-12/h3-6,8H,7,9H2,1-2H3,(H,15,17,20). The summed E-state index contributed by atoms with van der Waals surface area (Å²) in [4.78, 5) is 17.8. The summed E-state index contributed by atoms with van der Waals surface area (Å²) in [6, 6.07) is 3.35. The van der Waals surface area contributed by atoms with Crippen molar-refractivity contribution in [2.75, 3.05) is 18.9 Å². The van der Waals surface area contributed by atoms with E-state index in [2.05, 4.69) is 15.4 Å². The van der Waals surface area contributed by atoms with Gasteiger partial charge in [0.1, 0.15) is 5.82 Å². The molecule has 0 bridgehead atoms. The van der Waals surface area contributed by atoms with Gasteiger partial charge in [0.05, 0.1) is 17.8 Å². The highest BCUT2D eigenvalue weighted by atomic mass is 35.5. The number of hydrogen-bond donors (Lipinski definition) is 1. The third-order valence-corrected chi connectivity index (χ3v) is 2.84. The first-order valence-electron chi connectivity index (χ1n) is 6.10. The van der Waals surface area contributed by atoms with Gasteiger partial charge >= 0.3 is 0 Å². The number of amides is 1. The molecule has 106 valence electrons. The van der Waals surface area contributed by atoms with Crippen LogP contribution in [0.25, 0.3) is 0 Å². The van der Waals surface area contributed by atoms with Gasteiger partial charge in [-0.2, -0.15) is 5.10 Å². The van der Waals surface area contributed by atoms with Crippen molar-refractivity contribution in [3.63, 3.8) is 0 Å². The number of aromatic nitrogens is 3. The monoisotopic (exact) mass is 293 g/mol. The molecule has 1 N–H and O–H groups in total. The number of carbonyl (C=O) groups is 1. The fourth-order valence-electron chi connectivity index (χ4n) is 1.80. The molecule has 6 nitrogen and oxygen atoms in total. The molecule has 0 unspecified atom stereocenters. The number of pyridine rings is 1. The second-order valence-electron chi connectivity index (χ2n) is 4.60. The van der Waals surface area contributed by atoms with Crippen LogP contribution in [-0.2, 0) is 18.4 Å². The van der Waals surface area contributed by atoms with Gasteiger partial charge in [0, 0.05) is 31.5 Å². The molecule has 1 amide bonds. The van der Waals surface area contributed by atoms with Gasteiger partial charge in [-0.3, -0.25) is 14.4 Å². The van der Waals surface area contributed by atoms with Crippen molar-refractivity contribution in [1.82, 2.24) is 19.7 Å². The van der Waals surface area contributed by atoms with E-state index in [-0.39, 0.29) is 12.5 Å². The summed E-state index contributed by atoms with van der Waals surface area (Å²) in [5.74, 6) is 0.375. The van der Waals surface area contributed by atoms with Crippen molar-refractivity contribution in [3.05, 3.63) is 41.3 Å². The number of hydrogen-bond acceptors (Lipinski definition) is 4. The highest BCUT2D eigenvalue weighted by Crippen LogP contribution is 2.09. The summed E-state index contributed by atoms with van der Waals surface area (Å²) in [5.41, 5.74) is 1.06. The minimum Gasteiger partial charge on any atom is -0.310 e. The summed E-state index contributed by atoms with van der Waals surface area (Å²) >= 11 is 5.73. The number of nitrogens with zero attached hydrogens (tertiary/aromatic N) is 4. The quantitative estimate of drug-likeness (QED) is 0.908. The van der Waals surface area contributed by atoms with Crippen LogP contribution < -0.4 is 5.32 Å². The minimum absolute atomic E-state index is 0.119. The Morgan fingerprint density at radius 1 is 1.45 bits per heavy atom. The van der Waals surface area contributed by atoms with Crippen LogP contribution >= 0.6 is 11.6 Å². The maximum Gasteiger partial charge on any atom is 0.239 e. The summed E-state index contributed by atoms with van der Waals surface area (Å²) in [7, 11) is 3.74. The number of likely N-dealkylation sites (N-methyl/N-ethyl adjacent to an activating group) is 1. The van der Waals surface area contributed by atoms with Gasteiger partial charge in [0.15, 0.2) is 0 Å². The van der Waals surface area contributed by atoms with E-state index in [4.69, 9.17) is 11.6 Å². The second kappa shape index (κ2) is 6.49. The Hall–Kier alpha value is -1.92. The van der Waals surface area contributed by atoms with Crippen LogP contribution in [0.2, 0.25) is 5.02 Å². The fraction of sp³-hybridized carbons (Fsp3) is 0.308. The van der Waals surface area contributed by atoms with Crippen molar-refractivity contribution in [3.8, 4) is 0 Å². The van der Waals surface area contributed by atoms with Gasteiger partial charge in [0.25, 0.3) is 0 Å². The van der Waals surface area contributed by atoms with Gasteiger partial charge in [-0.25, -0.2) is 4.98 Å². The molecule has 2 heterocycles. The molecule has 0 aliphatic heterocycles. The summed E-state index contributed by atoms with van der Waals surface area (Å²) < 4.78 is 1.74. The molecule has 0 aromatic carbocycles. The molecule has 0 aliphatic rings. The van der Waals surface area contributed by atoms with E-state index in [9.17, 15) is 4.79 Å². The first kappa shape index (κ1) is 14.5. The average Bonchev–Trinajstić information content (AvgIpc) is 2.77. The van der Waals surface area contributed by atoms with Crippen LogP contribution in [0.5, 0.6) is 0 Å². The number of aryl methyl sites for hydroxylation is 1. The SMILES string of the molecule is CN(CC(=O)Nc1ccc(Cl)cn1)Cc1cnn(C)c1. The van der Waals surface area contributed by atoms with Gasteiger partial charge in [-0.05, 0) is 19.2 Å². The number of anilines is 1. The van der Waals surface area contributed by atoms with Crippen molar-refractivity contribution >= 4 is 23.3 Å². The Morgan fingerprint density at radius 2 is 2.25 bits per heavy atom. The van der Waals surface area contributed by atoms with Crippen molar-refractivity contribution in [2.24, 2.45) is 7.05 Å². The Bertz CT molecular complexity index is 581. The van der Waals surface area contributed by atoms with Crippen molar-refractivity contribution in [2.45, 2.75) is 6.54 Å². The molecule has 0 aliphatic carbocycles. The second-order valence-corrected chi connectivity index (χ2v) is 5.04. The van der Waals surface area contributed by atoms with E-state index in [1.165, 1.54) is 6.20 Å². The smallest absolute Gasteiger partial charge is 0.239 e.